The fourth-order valence-corrected chi connectivity index (χ4v) is 5.74. The number of alkyl halides is 3. The van der Waals surface area contributed by atoms with Gasteiger partial charge in [-0.25, -0.2) is 13.1 Å². The number of sulfonamides is 1. The number of nitrogens with zero attached hydrogens (tertiary/aromatic N) is 1. The maximum absolute atomic E-state index is 12.3. The van der Waals surface area contributed by atoms with Crippen LogP contribution >= 0.6 is 27.3 Å². The molecule has 1 aromatic heterocycles. The smallest absolute Gasteiger partial charge is 0.295 e. The van der Waals surface area contributed by atoms with E-state index in [1.54, 1.807) is 11.4 Å². The molecule has 2 heterocycles. The topological polar surface area (TPSA) is 49.4 Å². The summed E-state index contributed by atoms with van der Waals surface area (Å²) in [5.74, 6) is -0.0964. The Balaban J connectivity index is 1.86. The molecule has 0 spiro atoms. The Bertz CT molecular complexity index is 589. The first kappa shape index (κ1) is 17.2. The summed E-state index contributed by atoms with van der Waals surface area (Å²) < 4.78 is 64.1. The van der Waals surface area contributed by atoms with Crippen LogP contribution in [-0.2, 0) is 10.0 Å². The predicted octanol–water partition coefficient (Wildman–Crippen LogP) is 2.67. The molecule has 4 nitrogen and oxygen atoms in total. The number of halogens is 4. The van der Waals surface area contributed by atoms with Crippen LogP contribution in [-0.4, -0.2) is 45.7 Å². The Labute approximate surface area is 133 Å². The van der Waals surface area contributed by atoms with E-state index >= 15 is 0 Å². The lowest BCUT2D eigenvalue weighted by molar-refractivity contribution is -0.143. The molecule has 0 radical (unpaired) electrons. The second-order valence-corrected chi connectivity index (χ2v) is 8.65. The highest BCUT2D eigenvalue weighted by Gasteiger charge is 2.34. The van der Waals surface area contributed by atoms with E-state index in [1.165, 1.54) is 4.90 Å². The minimum Gasteiger partial charge on any atom is -0.295 e. The molecule has 1 N–H and O–H groups in total. The number of likely N-dealkylation sites (tertiary alicyclic amines) is 1. The van der Waals surface area contributed by atoms with Crippen LogP contribution in [0.15, 0.2) is 20.1 Å². The molecule has 0 amide bonds. The average Bonchev–Trinajstić information content (AvgIpc) is 2.94. The third-order valence-electron chi connectivity index (χ3n) is 3.16. The Hall–Kier alpha value is -0.160. The highest BCUT2D eigenvalue weighted by molar-refractivity contribution is 9.10. The van der Waals surface area contributed by atoms with Crippen LogP contribution < -0.4 is 4.72 Å². The van der Waals surface area contributed by atoms with E-state index in [9.17, 15) is 21.6 Å². The molecule has 0 bridgehead atoms. The molecular weight excluding hydrogens is 393 g/mol. The third-order valence-corrected chi connectivity index (χ3v) is 7.26. The van der Waals surface area contributed by atoms with E-state index in [4.69, 9.17) is 0 Å². The van der Waals surface area contributed by atoms with Gasteiger partial charge in [-0.2, -0.15) is 13.2 Å². The summed E-state index contributed by atoms with van der Waals surface area (Å²) in [5.41, 5.74) is 0. The minimum absolute atomic E-state index is 0.0964. The van der Waals surface area contributed by atoms with Gasteiger partial charge < -0.3 is 0 Å². The molecule has 1 atom stereocenters. The zero-order valence-corrected chi connectivity index (χ0v) is 14.1. The second kappa shape index (κ2) is 6.53. The molecule has 21 heavy (non-hydrogen) atoms. The summed E-state index contributed by atoms with van der Waals surface area (Å²) in [6.45, 7) is -0.185. The van der Waals surface area contributed by atoms with Crippen LogP contribution in [0.5, 0.6) is 0 Å². The number of rotatable bonds is 5. The van der Waals surface area contributed by atoms with Gasteiger partial charge in [0, 0.05) is 17.6 Å². The van der Waals surface area contributed by atoms with E-state index < -0.39 is 22.7 Å². The van der Waals surface area contributed by atoms with Gasteiger partial charge in [0.25, 0.3) is 10.0 Å². The summed E-state index contributed by atoms with van der Waals surface area (Å²) in [6, 6.07) is 1.64. The largest absolute Gasteiger partial charge is 0.401 e. The van der Waals surface area contributed by atoms with Gasteiger partial charge in [0.05, 0.1) is 6.54 Å². The van der Waals surface area contributed by atoms with Crippen LogP contribution in [0.1, 0.15) is 6.42 Å². The van der Waals surface area contributed by atoms with Gasteiger partial charge >= 0.3 is 6.18 Å². The maximum atomic E-state index is 12.3. The van der Waals surface area contributed by atoms with E-state index in [0.717, 1.165) is 11.3 Å². The highest BCUT2D eigenvalue weighted by atomic mass is 79.9. The third kappa shape index (κ3) is 4.92. The summed E-state index contributed by atoms with van der Waals surface area (Å²) in [4.78, 5) is 1.31. The van der Waals surface area contributed by atoms with Crippen molar-refractivity contribution in [1.82, 2.24) is 9.62 Å². The predicted molar refractivity (Wildman–Crippen MR) is 77.8 cm³/mol. The molecule has 10 heteroatoms. The molecule has 120 valence electrons. The first-order chi connectivity index (χ1) is 9.67. The van der Waals surface area contributed by atoms with Crippen LogP contribution in [0.2, 0.25) is 0 Å². The quantitative estimate of drug-likeness (QED) is 0.817. The molecular formula is C11H14BrF3N2O2S2. The van der Waals surface area contributed by atoms with E-state index in [0.29, 0.717) is 17.4 Å². The van der Waals surface area contributed by atoms with E-state index in [1.807, 2.05) is 0 Å². The van der Waals surface area contributed by atoms with Crippen molar-refractivity contribution in [3.05, 3.63) is 15.9 Å². The minimum atomic E-state index is -4.21. The summed E-state index contributed by atoms with van der Waals surface area (Å²) >= 11 is 4.25. The Morgan fingerprint density at radius 2 is 2.19 bits per heavy atom. The van der Waals surface area contributed by atoms with E-state index in [2.05, 4.69) is 20.7 Å². The first-order valence-corrected chi connectivity index (χ1v) is 9.35. The molecule has 2 rings (SSSR count). The first-order valence-electron chi connectivity index (χ1n) is 6.19. The lowest BCUT2D eigenvalue weighted by Gasteiger charge is -2.17. The molecule has 1 saturated heterocycles. The fraction of sp³-hybridized carbons (Fsp3) is 0.636. The molecule has 0 aromatic carbocycles. The number of nitrogens with one attached hydrogen (secondary N) is 1. The summed E-state index contributed by atoms with van der Waals surface area (Å²) in [7, 11) is -3.61. The normalized spacial score (nSPS) is 21.0. The van der Waals surface area contributed by atoms with Gasteiger partial charge in [-0.05, 0) is 46.3 Å². The lowest BCUT2D eigenvalue weighted by Crippen LogP contribution is -2.34. The molecule has 1 unspecified atom stereocenters. The van der Waals surface area contributed by atoms with Crippen molar-refractivity contribution in [2.24, 2.45) is 5.92 Å². The molecule has 0 aliphatic carbocycles. The molecule has 1 aliphatic heterocycles. The summed E-state index contributed by atoms with van der Waals surface area (Å²) in [6.07, 6.45) is -3.65. The SMILES string of the molecule is O=S(=O)(NCC1CCN(CC(F)(F)F)C1)c1sccc1Br. The van der Waals surface area contributed by atoms with Crippen molar-refractivity contribution in [3.8, 4) is 0 Å². The van der Waals surface area contributed by atoms with Gasteiger partial charge in [0.2, 0.25) is 0 Å². The Morgan fingerprint density at radius 1 is 1.48 bits per heavy atom. The van der Waals surface area contributed by atoms with Crippen LogP contribution in [0.25, 0.3) is 0 Å². The van der Waals surface area contributed by atoms with Gasteiger partial charge in [-0.3, -0.25) is 4.90 Å². The van der Waals surface area contributed by atoms with Crippen molar-refractivity contribution in [3.63, 3.8) is 0 Å². The monoisotopic (exact) mass is 406 g/mol. The average molecular weight is 407 g/mol. The highest BCUT2D eigenvalue weighted by Crippen LogP contribution is 2.28. The van der Waals surface area contributed by atoms with Crippen LogP contribution in [0.4, 0.5) is 13.2 Å². The van der Waals surface area contributed by atoms with Crippen LogP contribution in [0, 0.1) is 5.92 Å². The fourth-order valence-electron chi connectivity index (χ4n) is 2.24. The molecule has 1 aromatic rings. The van der Waals surface area contributed by atoms with Crippen molar-refractivity contribution in [2.75, 3.05) is 26.2 Å². The van der Waals surface area contributed by atoms with Crippen molar-refractivity contribution in [1.29, 1.82) is 0 Å². The van der Waals surface area contributed by atoms with E-state index in [-0.39, 0.29) is 23.2 Å². The second-order valence-electron chi connectivity index (χ2n) is 4.91. The molecule has 0 saturated carbocycles. The van der Waals surface area contributed by atoms with Gasteiger partial charge in [-0.1, -0.05) is 0 Å². The lowest BCUT2D eigenvalue weighted by atomic mass is 10.1. The van der Waals surface area contributed by atoms with Crippen LogP contribution in [0.3, 0.4) is 0 Å². The number of hydrogen-bond acceptors (Lipinski definition) is 4. The number of hydrogen-bond donors (Lipinski definition) is 1. The standard InChI is InChI=1S/C11H14BrF3N2O2S2/c12-9-2-4-20-10(9)21(18,19)16-5-8-1-3-17(6-8)7-11(13,14)15/h2,4,8,16H,1,3,5-7H2. The van der Waals surface area contributed by atoms with Crippen molar-refractivity contribution in [2.45, 2.75) is 16.8 Å². The maximum Gasteiger partial charge on any atom is 0.401 e. The van der Waals surface area contributed by atoms with Gasteiger partial charge in [-0.15, -0.1) is 11.3 Å². The van der Waals surface area contributed by atoms with Crippen molar-refractivity contribution < 1.29 is 21.6 Å². The van der Waals surface area contributed by atoms with Gasteiger partial charge in [0.1, 0.15) is 4.21 Å². The molecule has 1 aliphatic rings. The molecule has 1 fully saturated rings. The zero-order chi connectivity index (χ0) is 15.7. The number of thiophene rings is 1. The summed E-state index contributed by atoms with van der Waals surface area (Å²) in [5, 5.41) is 1.65. The zero-order valence-electron chi connectivity index (χ0n) is 10.9. The van der Waals surface area contributed by atoms with Crippen molar-refractivity contribution >= 4 is 37.3 Å². The van der Waals surface area contributed by atoms with Gasteiger partial charge in [0.15, 0.2) is 0 Å². The Kier molecular flexibility index (Phi) is 5.35. The Morgan fingerprint density at radius 3 is 2.76 bits per heavy atom.